The van der Waals surface area contributed by atoms with Crippen molar-refractivity contribution in [2.75, 3.05) is 7.11 Å². The number of hydrogen-bond donors (Lipinski definition) is 1. The van der Waals surface area contributed by atoms with Crippen LogP contribution in [0, 0.1) is 0 Å². The van der Waals surface area contributed by atoms with Gasteiger partial charge >= 0.3 is 0 Å². The summed E-state index contributed by atoms with van der Waals surface area (Å²) in [6, 6.07) is 20.1. The molecule has 1 N–H and O–H groups in total. The molecular formula is C20H17BrN2O2. The number of methoxy groups -OCH3 is 1. The Labute approximate surface area is 154 Å². The molecule has 2 heterocycles. The smallest absolute Gasteiger partial charge is 0.134 e. The lowest BCUT2D eigenvalue weighted by molar-refractivity contribution is 0.415. The average molecular weight is 397 g/mol. The maximum atomic E-state index is 6.04. The molecule has 0 radical (unpaired) electrons. The Balaban J connectivity index is 1.48. The SMILES string of the molecule is COc1ccc(C2=NNC(c3ccc(-c4ccc(Br)cc4)o3)C2)cc1. The molecule has 0 saturated carbocycles. The average Bonchev–Trinajstić information content (AvgIpc) is 3.32. The van der Waals surface area contributed by atoms with E-state index < -0.39 is 0 Å². The second-order valence-electron chi connectivity index (χ2n) is 5.88. The van der Waals surface area contributed by atoms with E-state index in [4.69, 9.17) is 9.15 Å². The van der Waals surface area contributed by atoms with Gasteiger partial charge in [0.1, 0.15) is 23.3 Å². The number of furan rings is 1. The number of hydrogen-bond acceptors (Lipinski definition) is 4. The molecule has 0 bridgehead atoms. The zero-order valence-electron chi connectivity index (χ0n) is 13.7. The quantitative estimate of drug-likeness (QED) is 0.662. The highest BCUT2D eigenvalue weighted by Crippen LogP contribution is 2.30. The van der Waals surface area contributed by atoms with E-state index in [-0.39, 0.29) is 6.04 Å². The van der Waals surface area contributed by atoms with Crippen LogP contribution in [0.1, 0.15) is 23.8 Å². The largest absolute Gasteiger partial charge is 0.497 e. The molecule has 5 heteroatoms. The van der Waals surface area contributed by atoms with Gasteiger partial charge < -0.3 is 9.15 Å². The van der Waals surface area contributed by atoms with E-state index in [0.29, 0.717) is 0 Å². The van der Waals surface area contributed by atoms with Gasteiger partial charge in [-0.3, -0.25) is 5.43 Å². The molecule has 0 spiro atoms. The summed E-state index contributed by atoms with van der Waals surface area (Å²) in [7, 11) is 1.67. The second kappa shape index (κ2) is 6.76. The van der Waals surface area contributed by atoms with E-state index >= 15 is 0 Å². The first kappa shape index (κ1) is 16.0. The Morgan fingerprint density at radius 1 is 1.00 bits per heavy atom. The van der Waals surface area contributed by atoms with Crippen LogP contribution in [0.2, 0.25) is 0 Å². The standard InChI is InChI=1S/C20H17BrN2O2/c1-24-16-8-4-13(5-9-16)17-12-18(23-22-17)20-11-10-19(25-20)14-2-6-15(21)7-3-14/h2-11,18,23H,12H2,1H3. The number of nitrogens with one attached hydrogen (secondary N) is 1. The fourth-order valence-electron chi connectivity index (χ4n) is 2.88. The third-order valence-corrected chi connectivity index (χ3v) is 4.80. The monoisotopic (exact) mass is 396 g/mol. The second-order valence-corrected chi connectivity index (χ2v) is 6.80. The predicted octanol–water partition coefficient (Wildman–Crippen LogP) is 5.16. The van der Waals surface area contributed by atoms with Crippen LogP contribution < -0.4 is 10.2 Å². The van der Waals surface area contributed by atoms with Crippen LogP contribution in [0.3, 0.4) is 0 Å². The number of nitrogens with zero attached hydrogens (tertiary/aromatic N) is 1. The van der Waals surface area contributed by atoms with Crippen LogP contribution in [0.25, 0.3) is 11.3 Å². The molecule has 1 atom stereocenters. The van der Waals surface area contributed by atoms with Gasteiger partial charge in [-0.15, -0.1) is 0 Å². The highest BCUT2D eigenvalue weighted by Gasteiger charge is 2.24. The highest BCUT2D eigenvalue weighted by molar-refractivity contribution is 9.10. The molecule has 1 aromatic heterocycles. The lowest BCUT2D eigenvalue weighted by atomic mass is 10.0. The topological polar surface area (TPSA) is 46.8 Å². The summed E-state index contributed by atoms with van der Waals surface area (Å²) in [4.78, 5) is 0. The molecule has 0 aliphatic carbocycles. The molecule has 4 nitrogen and oxygen atoms in total. The molecule has 1 aliphatic rings. The summed E-state index contributed by atoms with van der Waals surface area (Å²) in [5.74, 6) is 2.60. The first-order valence-corrected chi connectivity index (χ1v) is 8.84. The number of halogens is 1. The van der Waals surface area contributed by atoms with Crippen LogP contribution >= 0.6 is 15.9 Å². The summed E-state index contributed by atoms with van der Waals surface area (Å²) in [6.45, 7) is 0. The summed E-state index contributed by atoms with van der Waals surface area (Å²) < 4.78 is 12.3. The van der Waals surface area contributed by atoms with Crippen molar-refractivity contribution in [2.24, 2.45) is 5.10 Å². The molecule has 0 amide bonds. The zero-order valence-corrected chi connectivity index (χ0v) is 15.3. The van der Waals surface area contributed by atoms with E-state index in [0.717, 1.165) is 45.0 Å². The van der Waals surface area contributed by atoms with E-state index in [1.807, 2.05) is 60.7 Å². The Kier molecular flexibility index (Phi) is 4.32. The van der Waals surface area contributed by atoms with Gasteiger partial charge in [0.2, 0.25) is 0 Å². The minimum atomic E-state index is 0.0568. The third kappa shape index (κ3) is 3.33. The highest BCUT2D eigenvalue weighted by atomic mass is 79.9. The molecular weight excluding hydrogens is 380 g/mol. The summed E-state index contributed by atoms with van der Waals surface area (Å²) in [5.41, 5.74) is 6.35. The molecule has 126 valence electrons. The maximum Gasteiger partial charge on any atom is 0.134 e. The van der Waals surface area contributed by atoms with Gasteiger partial charge in [0.25, 0.3) is 0 Å². The van der Waals surface area contributed by atoms with Crippen LogP contribution in [0.15, 0.2) is 74.7 Å². The first-order chi connectivity index (χ1) is 12.2. The lowest BCUT2D eigenvalue weighted by Crippen LogP contribution is -2.08. The number of ether oxygens (including phenoxy) is 1. The maximum absolute atomic E-state index is 6.04. The molecule has 4 rings (SSSR count). The van der Waals surface area contributed by atoms with Crippen LogP contribution in [-0.2, 0) is 0 Å². The van der Waals surface area contributed by atoms with Gasteiger partial charge in [0, 0.05) is 16.5 Å². The fourth-order valence-corrected chi connectivity index (χ4v) is 3.14. The van der Waals surface area contributed by atoms with Gasteiger partial charge in [-0.2, -0.15) is 5.10 Å². The van der Waals surface area contributed by atoms with E-state index in [2.05, 4.69) is 26.5 Å². The normalized spacial score (nSPS) is 16.4. The van der Waals surface area contributed by atoms with Gasteiger partial charge in [0.05, 0.1) is 12.8 Å². The molecule has 25 heavy (non-hydrogen) atoms. The van der Waals surface area contributed by atoms with Gasteiger partial charge in [-0.05, 0) is 54.1 Å². The van der Waals surface area contributed by atoms with Crippen LogP contribution in [0.4, 0.5) is 0 Å². The van der Waals surface area contributed by atoms with Crippen molar-refractivity contribution >= 4 is 21.6 Å². The van der Waals surface area contributed by atoms with E-state index in [1.54, 1.807) is 7.11 Å². The Morgan fingerprint density at radius 3 is 2.44 bits per heavy atom. The van der Waals surface area contributed by atoms with Gasteiger partial charge in [0.15, 0.2) is 0 Å². The number of hydrazone groups is 1. The Morgan fingerprint density at radius 2 is 1.72 bits per heavy atom. The predicted molar refractivity (Wildman–Crippen MR) is 102 cm³/mol. The minimum Gasteiger partial charge on any atom is -0.497 e. The lowest BCUT2D eigenvalue weighted by Gasteiger charge is -2.06. The van der Waals surface area contributed by atoms with Crippen molar-refractivity contribution in [3.8, 4) is 17.1 Å². The van der Waals surface area contributed by atoms with Crippen molar-refractivity contribution in [2.45, 2.75) is 12.5 Å². The summed E-state index contributed by atoms with van der Waals surface area (Å²) >= 11 is 3.45. The minimum absolute atomic E-state index is 0.0568. The molecule has 0 fully saturated rings. The third-order valence-electron chi connectivity index (χ3n) is 4.28. The Bertz CT molecular complexity index is 898. The first-order valence-electron chi connectivity index (χ1n) is 8.05. The molecule has 1 aliphatic heterocycles. The van der Waals surface area contributed by atoms with E-state index in [9.17, 15) is 0 Å². The van der Waals surface area contributed by atoms with Crippen LogP contribution in [0.5, 0.6) is 5.75 Å². The molecule has 1 unspecified atom stereocenters. The number of rotatable bonds is 4. The molecule has 3 aromatic rings. The van der Waals surface area contributed by atoms with Crippen LogP contribution in [-0.4, -0.2) is 12.8 Å². The van der Waals surface area contributed by atoms with E-state index in [1.165, 1.54) is 0 Å². The van der Waals surface area contributed by atoms with Gasteiger partial charge in [-0.25, -0.2) is 0 Å². The van der Waals surface area contributed by atoms with Crippen molar-refractivity contribution in [3.05, 3.63) is 76.5 Å². The molecule has 2 aromatic carbocycles. The van der Waals surface area contributed by atoms with Crippen molar-refractivity contribution < 1.29 is 9.15 Å². The van der Waals surface area contributed by atoms with Gasteiger partial charge in [-0.1, -0.05) is 28.1 Å². The zero-order chi connectivity index (χ0) is 17.2. The summed E-state index contributed by atoms with van der Waals surface area (Å²) in [5, 5.41) is 4.47. The number of benzene rings is 2. The van der Waals surface area contributed by atoms with Crippen molar-refractivity contribution in [1.29, 1.82) is 0 Å². The Hall–Kier alpha value is -2.53. The molecule has 0 saturated heterocycles. The summed E-state index contributed by atoms with van der Waals surface area (Å²) in [6.07, 6.45) is 0.791. The fraction of sp³-hybridized carbons (Fsp3) is 0.150. The van der Waals surface area contributed by atoms with Crippen molar-refractivity contribution in [1.82, 2.24) is 5.43 Å². The van der Waals surface area contributed by atoms with Crippen molar-refractivity contribution in [3.63, 3.8) is 0 Å².